The number of hydrogen-bond acceptors (Lipinski definition) is 5. The van der Waals surface area contributed by atoms with Crippen molar-refractivity contribution in [3.05, 3.63) is 83.9 Å². The molecule has 2 saturated carbocycles. The summed E-state index contributed by atoms with van der Waals surface area (Å²) in [7, 11) is 2.13. The molecular weight excluding hydrogens is 540 g/mol. The molecule has 0 aromatic heterocycles. The molecule has 0 atom stereocenters. The number of aliphatic carboxylic acids is 1. The van der Waals surface area contributed by atoms with Crippen LogP contribution in [0, 0.1) is 5.92 Å². The number of carbonyl (C=O) groups excluding carboxylic acids is 2. The summed E-state index contributed by atoms with van der Waals surface area (Å²) in [4.78, 5) is 44.3. The van der Waals surface area contributed by atoms with Crippen LogP contribution in [-0.4, -0.2) is 72.5 Å². The molecule has 0 radical (unpaired) electrons. The van der Waals surface area contributed by atoms with Crippen molar-refractivity contribution in [2.75, 3.05) is 50.0 Å². The summed E-state index contributed by atoms with van der Waals surface area (Å²) in [5.41, 5.74) is 5.33. The zero-order valence-electron chi connectivity index (χ0n) is 24.8. The van der Waals surface area contributed by atoms with Crippen molar-refractivity contribution < 1.29 is 19.5 Å². The third kappa shape index (κ3) is 6.59. The molecule has 8 heteroatoms. The SMILES string of the molecule is CN1CCN(c2ccc(-c3cccc(CN(CCC(=O)O)C(=O)C4CC4)c3)cc2NC(=O)C2(c3ccccc3)CC2)CC1. The maximum atomic E-state index is 13.8. The predicted octanol–water partition coefficient (Wildman–Crippen LogP) is 4.99. The first-order chi connectivity index (χ1) is 20.8. The van der Waals surface area contributed by atoms with Gasteiger partial charge in [0.05, 0.1) is 23.2 Å². The van der Waals surface area contributed by atoms with Crippen LogP contribution in [0.5, 0.6) is 0 Å². The van der Waals surface area contributed by atoms with E-state index < -0.39 is 11.4 Å². The van der Waals surface area contributed by atoms with Gasteiger partial charge in [-0.1, -0.05) is 54.6 Å². The topological polar surface area (TPSA) is 93.2 Å². The average molecular weight is 581 g/mol. The van der Waals surface area contributed by atoms with Gasteiger partial charge < -0.3 is 25.1 Å². The summed E-state index contributed by atoms with van der Waals surface area (Å²) in [6.45, 7) is 4.28. The molecule has 1 heterocycles. The fourth-order valence-electron chi connectivity index (χ4n) is 6.07. The number of rotatable bonds is 11. The second-order valence-corrected chi connectivity index (χ2v) is 12.3. The minimum atomic E-state index is -0.905. The van der Waals surface area contributed by atoms with Gasteiger partial charge in [-0.2, -0.15) is 0 Å². The van der Waals surface area contributed by atoms with Crippen LogP contribution < -0.4 is 10.2 Å². The van der Waals surface area contributed by atoms with Crippen LogP contribution in [-0.2, 0) is 26.3 Å². The minimum absolute atomic E-state index is 0.0240. The van der Waals surface area contributed by atoms with E-state index in [9.17, 15) is 19.5 Å². The largest absolute Gasteiger partial charge is 0.481 e. The molecule has 8 nitrogen and oxygen atoms in total. The van der Waals surface area contributed by atoms with Gasteiger partial charge in [-0.25, -0.2) is 0 Å². The normalized spacial score (nSPS) is 17.7. The number of amides is 2. The summed E-state index contributed by atoms with van der Waals surface area (Å²) in [6.07, 6.45) is 3.36. The Kier molecular flexibility index (Phi) is 8.21. The van der Waals surface area contributed by atoms with E-state index in [0.717, 1.165) is 85.5 Å². The van der Waals surface area contributed by atoms with Crippen molar-refractivity contribution >= 4 is 29.2 Å². The fraction of sp³-hybridized carbons (Fsp3) is 0.400. The van der Waals surface area contributed by atoms with Crippen molar-refractivity contribution in [1.82, 2.24) is 9.80 Å². The fourth-order valence-corrected chi connectivity index (χ4v) is 6.07. The van der Waals surface area contributed by atoms with Crippen molar-refractivity contribution in [2.45, 2.75) is 44.1 Å². The first kappa shape index (κ1) is 28.9. The highest BCUT2D eigenvalue weighted by molar-refractivity contribution is 6.04. The lowest BCUT2D eigenvalue weighted by atomic mass is 9.94. The molecule has 3 fully saturated rings. The summed E-state index contributed by atoms with van der Waals surface area (Å²) in [5.74, 6) is -0.804. The van der Waals surface area contributed by atoms with Crippen molar-refractivity contribution in [3.63, 3.8) is 0 Å². The van der Waals surface area contributed by atoms with E-state index in [2.05, 4.69) is 46.4 Å². The van der Waals surface area contributed by atoms with Gasteiger partial charge in [-0.3, -0.25) is 14.4 Å². The highest BCUT2D eigenvalue weighted by Crippen LogP contribution is 2.49. The first-order valence-corrected chi connectivity index (χ1v) is 15.4. The smallest absolute Gasteiger partial charge is 0.305 e. The van der Waals surface area contributed by atoms with Gasteiger partial charge in [0.25, 0.3) is 0 Å². The molecule has 2 aliphatic carbocycles. The Balaban J connectivity index is 1.28. The van der Waals surface area contributed by atoms with Crippen LogP contribution in [0.2, 0.25) is 0 Å². The third-order valence-electron chi connectivity index (χ3n) is 9.07. The number of likely N-dealkylation sites (N-methyl/N-ethyl adjacent to an activating group) is 1. The lowest BCUT2D eigenvalue weighted by molar-refractivity contribution is -0.139. The van der Waals surface area contributed by atoms with Crippen LogP contribution in [0.4, 0.5) is 11.4 Å². The van der Waals surface area contributed by atoms with Crippen LogP contribution >= 0.6 is 0 Å². The molecule has 6 rings (SSSR count). The zero-order chi connectivity index (χ0) is 30.0. The number of benzene rings is 3. The molecule has 224 valence electrons. The van der Waals surface area contributed by atoms with Gasteiger partial charge in [-0.15, -0.1) is 0 Å². The van der Waals surface area contributed by atoms with Crippen LogP contribution in [0.1, 0.15) is 43.2 Å². The van der Waals surface area contributed by atoms with E-state index in [1.54, 1.807) is 4.90 Å². The summed E-state index contributed by atoms with van der Waals surface area (Å²) < 4.78 is 0. The summed E-state index contributed by atoms with van der Waals surface area (Å²) in [5, 5.41) is 12.6. The van der Waals surface area contributed by atoms with E-state index in [1.807, 2.05) is 48.5 Å². The van der Waals surface area contributed by atoms with Gasteiger partial charge in [0, 0.05) is 45.2 Å². The molecule has 1 aliphatic heterocycles. The predicted molar refractivity (Wildman–Crippen MR) is 168 cm³/mol. The Labute approximate surface area is 253 Å². The van der Waals surface area contributed by atoms with Crippen LogP contribution in [0.25, 0.3) is 11.1 Å². The Bertz CT molecular complexity index is 1490. The Hall–Kier alpha value is -4.17. The van der Waals surface area contributed by atoms with Gasteiger partial charge in [0.1, 0.15) is 0 Å². The first-order valence-electron chi connectivity index (χ1n) is 15.4. The van der Waals surface area contributed by atoms with Gasteiger partial charge in [0.2, 0.25) is 11.8 Å². The molecular formula is C35H40N4O4. The lowest BCUT2D eigenvalue weighted by Gasteiger charge is -2.35. The highest BCUT2D eigenvalue weighted by atomic mass is 16.4. The molecule has 43 heavy (non-hydrogen) atoms. The molecule has 3 aromatic rings. The maximum absolute atomic E-state index is 13.8. The quantitative estimate of drug-likeness (QED) is 0.332. The number of hydrogen-bond donors (Lipinski definition) is 2. The molecule has 0 unspecified atom stereocenters. The average Bonchev–Trinajstić information content (AvgIpc) is 3.94. The number of carboxylic acid groups (broad SMARTS) is 1. The number of carbonyl (C=O) groups is 3. The lowest BCUT2D eigenvalue weighted by Crippen LogP contribution is -2.44. The number of carboxylic acids is 1. The van der Waals surface area contributed by atoms with Gasteiger partial charge >= 0.3 is 5.97 Å². The second kappa shape index (κ2) is 12.2. The van der Waals surface area contributed by atoms with Crippen molar-refractivity contribution in [3.8, 4) is 11.1 Å². The van der Waals surface area contributed by atoms with Gasteiger partial charge in [-0.05, 0) is 73.2 Å². The maximum Gasteiger partial charge on any atom is 0.305 e. The molecule has 0 bridgehead atoms. The summed E-state index contributed by atoms with van der Waals surface area (Å²) in [6, 6.07) is 24.4. The Morgan fingerprint density at radius 1 is 0.907 bits per heavy atom. The highest BCUT2D eigenvalue weighted by Gasteiger charge is 2.51. The molecule has 3 aliphatic rings. The van der Waals surface area contributed by atoms with E-state index in [-0.39, 0.29) is 30.7 Å². The monoisotopic (exact) mass is 580 g/mol. The molecule has 0 spiro atoms. The zero-order valence-corrected chi connectivity index (χ0v) is 24.8. The van der Waals surface area contributed by atoms with Crippen molar-refractivity contribution in [1.29, 1.82) is 0 Å². The van der Waals surface area contributed by atoms with E-state index in [1.165, 1.54) is 0 Å². The number of piperazine rings is 1. The van der Waals surface area contributed by atoms with Gasteiger partial charge in [0.15, 0.2) is 0 Å². The minimum Gasteiger partial charge on any atom is -0.481 e. The van der Waals surface area contributed by atoms with E-state index in [0.29, 0.717) is 6.54 Å². The number of anilines is 2. The number of nitrogens with zero attached hydrogens (tertiary/aromatic N) is 3. The van der Waals surface area contributed by atoms with E-state index >= 15 is 0 Å². The van der Waals surface area contributed by atoms with Crippen LogP contribution in [0.3, 0.4) is 0 Å². The molecule has 1 saturated heterocycles. The van der Waals surface area contributed by atoms with Crippen molar-refractivity contribution in [2.24, 2.45) is 5.92 Å². The Morgan fingerprint density at radius 3 is 2.30 bits per heavy atom. The number of nitrogens with one attached hydrogen (secondary N) is 1. The molecule has 2 N–H and O–H groups in total. The van der Waals surface area contributed by atoms with Crippen LogP contribution in [0.15, 0.2) is 72.8 Å². The Morgan fingerprint density at radius 2 is 1.63 bits per heavy atom. The molecule has 2 amide bonds. The molecule has 3 aromatic carbocycles. The van der Waals surface area contributed by atoms with E-state index in [4.69, 9.17) is 0 Å². The third-order valence-corrected chi connectivity index (χ3v) is 9.07. The standard InChI is InChI=1S/C35H40N4O4/c1-37-18-20-38(21-19-37)31-13-12-28(23-30(31)36-34(43)35(15-16-35)29-8-3-2-4-9-29)27-7-5-6-25(22-27)24-39(17-14-32(40)41)33(42)26-10-11-26/h2-9,12-13,22-23,26H,10-11,14-21,24H2,1H3,(H,36,43)(H,40,41). The second-order valence-electron chi connectivity index (χ2n) is 12.3. The summed E-state index contributed by atoms with van der Waals surface area (Å²) >= 11 is 0.